The molecule has 0 radical (unpaired) electrons. The van der Waals surface area contributed by atoms with E-state index in [9.17, 15) is 13.2 Å². The van der Waals surface area contributed by atoms with Crippen LogP contribution in [0.4, 0.5) is 10.5 Å². The average Bonchev–Trinajstić information content (AvgIpc) is 2.87. The van der Waals surface area contributed by atoms with Crippen molar-refractivity contribution in [2.75, 3.05) is 24.2 Å². The molecule has 1 heterocycles. The molecule has 0 aliphatic carbocycles. The highest BCUT2D eigenvalue weighted by Gasteiger charge is 2.30. The fourth-order valence-corrected chi connectivity index (χ4v) is 3.89. The van der Waals surface area contributed by atoms with E-state index >= 15 is 0 Å². The second-order valence-corrected chi connectivity index (χ2v) is 8.64. The Morgan fingerprint density at radius 1 is 1.00 bits per heavy atom. The molecule has 1 fully saturated rings. The fourth-order valence-electron chi connectivity index (χ4n) is 3.23. The number of aryl methyl sites for hydroxylation is 2. The van der Waals surface area contributed by atoms with Crippen molar-refractivity contribution < 1.29 is 13.2 Å². The molecule has 0 spiro atoms. The highest BCUT2D eigenvalue weighted by Crippen LogP contribution is 2.24. The van der Waals surface area contributed by atoms with E-state index in [0.29, 0.717) is 25.3 Å². The zero-order valence-electron chi connectivity index (χ0n) is 14.7. The maximum Gasteiger partial charge on any atom is 0.324 e. The van der Waals surface area contributed by atoms with Gasteiger partial charge in [0.05, 0.1) is 4.90 Å². The Morgan fingerprint density at radius 3 is 2.32 bits per heavy atom. The van der Waals surface area contributed by atoms with Crippen molar-refractivity contribution in [1.82, 2.24) is 4.90 Å². The van der Waals surface area contributed by atoms with Crippen molar-refractivity contribution in [2.24, 2.45) is 0 Å². The molecule has 1 saturated heterocycles. The van der Waals surface area contributed by atoms with Crippen molar-refractivity contribution >= 4 is 21.6 Å². The zero-order chi connectivity index (χ0) is 18.2. The Morgan fingerprint density at radius 2 is 1.68 bits per heavy atom. The van der Waals surface area contributed by atoms with Gasteiger partial charge in [-0.15, -0.1) is 0 Å². The number of nitrogens with zero attached hydrogens (tertiary/aromatic N) is 2. The highest BCUT2D eigenvalue weighted by molar-refractivity contribution is 7.90. The molecule has 6 heteroatoms. The summed E-state index contributed by atoms with van der Waals surface area (Å²) in [6.07, 6.45) is 1.17. The molecule has 0 saturated carbocycles. The Balaban J connectivity index is 1.80. The first-order valence-corrected chi connectivity index (χ1v) is 10.1. The van der Waals surface area contributed by atoms with Crippen LogP contribution in [-0.2, 0) is 16.4 Å². The normalized spacial score (nSPS) is 15.1. The van der Waals surface area contributed by atoms with Crippen molar-refractivity contribution in [2.45, 2.75) is 25.3 Å². The van der Waals surface area contributed by atoms with E-state index in [1.807, 2.05) is 13.8 Å². The van der Waals surface area contributed by atoms with E-state index in [-0.39, 0.29) is 10.9 Å². The van der Waals surface area contributed by atoms with Crippen molar-refractivity contribution in [1.29, 1.82) is 0 Å². The summed E-state index contributed by atoms with van der Waals surface area (Å²) in [4.78, 5) is 16.4. The molecular weight excluding hydrogens is 336 g/mol. The maximum atomic E-state index is 12.7. The number of hydrogen-bond donors (Lipinski definition) is 0. The molecular formula is C19H22N2O3S. The SMILES string of the molecule is Cc1cc(C)cc(CN2CCN(c3cccc(S(C)(=O)=O)c3)C2=O)c1. The number of urea groups is 1. The third kappa shape index (κ3) is 3.85. The number of carbonyl (C=O) groups excluding carboxylic acids is 1. The molecule has 1 aliphatic heterocycles. The molecule has 2 amide bonds. The van der Waals surface area contributed by atoms with Crippen molar-refractivity contribution in [3.63, 3.8) is 0 Å². The summed E-state index contributed by atoms with van der Waals surface area (Å²) < 4.78 is 23.5. The molecule has 0 N–H and O–H groups in total. The Bertz CT molecular complexity index is 902. The van der Waals surface area contributed by atoms with Gasteiger partial charge >= 0.3 is 6.03 Å². The van der Waals surface area contributed by atoms with Crippen LogP contribution in [0.5, 0.6) is 0 Å². The number of sulfone groups is 1. The molecule has 2 aromatic carbocycles. The molecule has 132 valence electrons. The number of hydrogen-bond acceptors (Lipinski definition) is 3. The van der Waals surface area contributed by atoms with E-state index < -0.39 is 9.84 Å². The predicted octanol–water partition coefficient (Wildman–Crippen LogP) is 3.15. The van der Waals surface area contributed by atoms with Gasteiger partial charge in [-0.1, -0.05) is 35.4 Å². The molecule has 25 heavy (non-hydrogen) atoms. The summed E-state index contributed by atoms with van der Waals surface area (Å²) >= 11 is 0. The minimum absolute atomic E-state index is 0.0928. The van der Waals surface area contributed by atoms with Crippen LogP contribution in [0.15, 0.2) is 47.4 Å². The van der Waals surface area contributed by atoms with Crippen LogP contribution in [0.1, 0.15) is 16.7 Å². The minimum atomic E-state index is -3.30. The van der Waals surface area contributed by atoms with Crippen molar-refractivity contribution in [3.05, 3.63) is 59.2 Å². The molecule has 2 aromatic rings. The average molecular weight is 358 g/mol. The topological polar surface area (TPSA) is 57.7 Å². The van der Waals surface area contributed by atoms with Gasteiger partial charge < -0.3 is 4.90 Å². The van der Waals surface area contributed by atoms with E-state index in [2.05, 4.69) is 18.2 Å². The standard InChI is InChI=1S/C19H22N2O3S/c1-14-9-15(2)11-16(10-14)13-20-7-8-21(19(20)22)17-5-4-6-18(12-17)25(3,23)24/h4-6,9-12H,7-8,13H2,1-3H3. The molecule has 5 nitrogen and oxygen atoms in total. The van der Waals surface area contributed by atoms with Gasteiger partial charge in [0.1, 0.15) is 0 Å². The van der Waals surface area contributed by atoms with E-state index in [4.69, 9.17) is 0 Å². The first-order valence-electron chi connectivity index (χ1n) is 8.18. The smallest absolute Gasteiger partial charge is 0.318 e. The fraction of sp³-hybridized carbons (Fsp3) is 0.316. The van der Waals surface area contributed by atoms with E-state index in [0.717, 1.165) is 5.56 Å². The molecule has 0 aromatic heterocycles. The van der Waals surface area contributed by atoms with E-state index in [1.165, 1.54) is 17.4 Å². The van der Waals surface area contributed by atoms with Gasteiger partial charge in [-0.25, -0.2) is 13.2 Å². The van der Waals surface area contributed by atoms with Crippen LogP contribution < -0.4 is 4.90 Å². The van der Waals surface area contributed by atoms with Crippen LogP contribution in [-0.4, -0.2) is 38.7 Å². The van der Waals surface area contributed by atoms with Gasteiger partial charge in [0.2, 0.25) is 0 Å². The maximum absolute atomic E-state index is 12.7. The van der Waals surface area contributed by atoms with Gasteiger partial charge in [0.15, 0.2) is 9.84 Å². The Hall–Kier alpha value is -2.34. The lowest BCUT2D eigenvalue weighted by atomic mass is 10.1. The summed E-state index contributed by atoms with van der Waals surface area (Å²) in [5.74, 6) is 0. The summed E-state index contributed by atoms with van der Waals surface area (Å²) in [7, 11) is -3.30. The Labute approximate surface area is 148 Å². The van der Waals surface area contributed by atoms with Crippen LogP contribution in [0.3, 0.4) is 0 Å². The molecule has 0 unspecified atom stereocenters. The first kappa shape index (κ1) is 17.5. The van der Waals surface area contributed by atoms with Crippen LogP contribution >= 0.6 is 0 Å². The predicted molar refractivity (Wildman–Crippen MR) is 98.6 cm³/mol. The summed E-state index contributed by atoms with van der Waals surface area (Å²) in [6, 6.07) is 12.8. The number of benzene rings is 2. The van der Waals surface area contributed by atoms with Gasteiger partial charge in [-0.2, -0.15) is 0 Å². The largest absolute Gasteiger partial charge is 0.324 e. The summed E-state index contributed by atoms with van der Waals surface area (Å²) in [5, 5.41) is 0. The third-order valence-electron chi connectivity index (χ3n) is 4.31. The number of rotatable bonds is 4. The third-order valence-corrected chi connectivity index (χ3v) is 5.42. The van der Waals surface area contributed by atoms with Gasteiger partial charge in [0, 0.05) is 31.6 Å². The number of carbonyl (C=O) groups is 1. The van der Waals surface area contributed by atoms with Gasteiger partial charge in [0.25, 0.3) is 0 Å². The quantitative estimate of drug-likeness (QED) is 0.844. The minimum Gasteiger partial charge on any atom is -0.318 e. The summed E-state index contributed by atoms with van der Waals surface area (Å²) in [6.45, 7) is 5.83. The summed E-state index contributed by atoms with van der Waals surface area (Å²) in [5.41, 5.74) is 4.09. The van der Waals surface area contributed by atoms with Crippen LogP contribution in [0, 0.1) is 13.8 Å². The second-order valence-electron chi connectivity index (χ2n) is 6.62. The lowest BCUT2D eigenvalue weighted by Crippen LogP contribution is -2.31. The molecule has 0 bridgehead atoms. The molecule has 1 aliphatic rings. The zero-order valence-corrected chi connectivity index (χ0v) is 15.5. The van der Waals surface area contributed by atoms with Gasteiger partial charge in [-0.3, -0.25) is 4.90 Å². The van der Waals surface area contributed by atoms with Crippen molar-refractivity contribution in [3.8, 4) is 0 Å². The monoisotopic (exact) mass is 358 g/mol. The van der Waals surface area contributed by atoms with E-state index in [1.54, 1.807) is 34.1 Å². The second kappa shape index (κ2) is 6.52. The van der Waals surface area contributed by atoms with Crippen LogP contribution in [0.2, 0.25) is 0 Å². The van der Waals surface area contributed by atoms with Gasteiger partial charge in [-0.05, 0) is 37.6 Å². The Kier molecular flexibility index (Phi) is 4.56. The molecule has 3 rings (SSSR count). The van der Waals surface area contributed by atoms with Crippen LogP contribution in [0.25, 0.3) is 0 Å². The number of anilines is 1. The lowest BCUT2D eigenvalue weighted by Gasteiger charge is -2.19. The lowest BCUT2D eigenvalue weighted by molar-refractivity contribution is 0.218. The highest BCUT2D eigenvalue weighted by atomic mass is 32.2. The first-order chi connectivity index (χ1) is 11.7. The number of amides is 2. The molecule has 0 atom stereocenters.